The topological polar surface area (TPSA) is 47.3 Å². The predicted octanol–water partition coefficient (Wildman–Crippen LogP) is 4.01. The van der Waals surface area contributed by atoms with Gasteiger partial charge in [-0.2, -0.15) is 0 Å². The maximum atomic E-state index is 6.20. The Morgan fingerprint density at radius 3 is 2.70 bits per heavy atom. The number of nitrogens with one attached hydrogen (secondary N) is 1. The van der Waals surface area contributed by atoms with Crippen molar-refractivity contribution >= 4 is 21.6 Å². The van der Waals surface area contributed by atoms with Gasteiger partial charge < -0.3 is 15.8 Å². The fourth-order valence-electron chi connectivity index (χ4n) is 2.76. The van der Waals surface area contributed by atoms with E-state index in [0.717, 1.165) is 22.3 Å². The Hall–Kier alpha value is -1.52. The van der Waals surface area contributed by atoms with Crippen LogP contribution in [0.1, 0.15) is 29.6 Å². The van der Waals surface area contributed by atoms with Crippen LogP contribution >= 0.6 is 15.9 Å². The van der Waals surface area contributed by atoms with Gasteiger partial charge in [0.05, 0.1) is 17.6 Å². The Labute approximate surface area is 127 Å². The monoisotopic (exact) mass is 332 g/mol. The smallest absolute Gasteiger partial charge is 0.135 e. The van der Waals surface area contributed by atoms with Crippen LogP contribution in [0.25, 0.3) is 0 Å². The quantitative estimate of drug-likeness (QED) is 0.892. The molecule has 0 aliphatic heterocycles. The van der Waals surface area contributed by atoms with Gasteiger partial charge in [-0.25, -0.2) is 0 Å². The highest BCUT2D eigenvalue weighted by Crippen LogP contribution is 2.39. The van der Waals surface area contributed by atoms with E-state index in [0.29, 0.717) is 0 Å². The lowest BCUT2D eigenvalue weighted by molar-refractivity contribution is 0.412. The third-order valence-electron chi connectivity index (χ3n) is 3.75. The summed E-state index contributed by atoms with van der Waals surface area (Å²) in [6, 6.07) is 14.8. The van der Waals surface area contributed by atoms with E-state index in [4.69, 9.17) is 10.5 Å². The summed E-state index contributed by atoms with van der Waals surface area (Å²) < 4.78 is 6.28. The van der Waals surface area contributed by atoms with Crippen molar-refractivity contribution in [3.8, 4) is 5.75 Å². The van der Waals surface area contributed by atoms with Gasteiger partial charge in [0.15, 0.2) is 0 Å². The number of anilines is 1. The average Bonchev–Trinajstić information content (AvgIpc) is 2.78. The predicted molar refractivity (Wildman–Crippen MR) is 85.0 cm³/mol. The normalized spacial score (nSPS) is 20.6. The molecule has 0 saturated carbocycles. The van der Waals surface area contributed by atoms with E-state index in [1.54, 1.807) is 7.11 Å². The lowest BCUT2D eigenvalue weighted by Crippen LogP contribution is -2.10. The van der Waals surface area contributed by atoms with Gasteiger partial charge in [-0.05, 0) is 45.6 Å². The molecule has 2 aromatic rings. The van der Waals surface area contributed by atoms with E-state index in [9.17, 15) is 0 Å². The van der Waals surface area contributed by atoms with Gasteiger partial charge in [-0.3, -0.25) is 0 Å². The maximum absolute atomic E-state index is 6.20. The number of fused-ring (bicyclic) bond motifs is 1. The first kappa shape index (κ1) is 13.5. The number of hydrogen-bond acceptors (Lipinski definition) is 3. The lowest BCUT2D eigenvalue weighted by Gasteiger charge is -2.16. The van der Waals surface area contributed by atoms with Crippen LogP contribution in [0.5, 0.6) is 5.75 Å². The zero-order valence-electron chi connectivity index (χ0n) is 11.3. The molecule has 3 nitrogen and oxygen atoms in total. The van der Waals surface area contributed by atoms with Crippen molar-refractivity contribution in [2.24, 2.45) is 5.73 Å². The molecule has 0 saturated heterocycles. The van der Waals surface area contributed by atoms with Crippen molar-refractivity contribution in [3.63, 3.8) is 0 Å². The molecule has 0 bridgehead atoms. The first-order chi connectivity index (χ1) is 9.69. The second kappa shape index (κ2) is 5.46. The molecule has 2 unspecified atom stereocenters. The average molecular weight is 333 g/mol. The fourth-order valence-corrected chi connectivity index (χ4v) is 3.17. The minimum atomic E-state index is 0.112. The molecule has 0 heterocycles. The molecule has 1 aliphatic rings. The van der Waals surface area contributed by atoms with Crippen LogP contribution in [0.15, 0.2) is 46.9 Å². The van der Waals surface area contributed by atoms with Gasteiger partial charge in [0.1, 0.15) is 5.75 Å². The summed E-state index contributed by atoms with van der Waals surface area (Å²) >= 11 is 3.47. The zero-order valence-corrected chi connectivity index (χ0v) is 12.9. The number of rotatable bonds is 3. The van der Waals surface area contributed by atoms with Gasteiger partial charge in [0, 0.05) is 17.8 Å². The van der Waals surface area contributed by atoms with Crippen LogP contribution in [0.4, 0.5) is 5.69 Å². The molecule has 0 amide bonds. The van der Waals surface area contributed by atoms with Crippen LogP contribution in [-0.4, -0.2) is 7.11 Å². The summed E-state index contributed by atoms with van der Waals surface area (Å²) in [6.45, 7) is 0. The van der Waals surface area contributed by atoms with E-state index in [2.05, 4.69) is 39.4 Å². The highest BCUT2D eigenvalue weighted by molar-refractivity contribution is 9.10. The van der Waals surface area contributed by atoms with E-state index < -0.39 is 0 Å². The van der Waals surface area contributed by atoms with E-state index in [-0.39, 0.29) is 12.1 Å². The molecule has 0 aromatic heterocycles. The number of methoxy groups -OCH3 is 1. The van der Waals surface area contributed by atoms with Gasteiger partial charge in [-0.1, -0.05) is 24.3 Å². The summed E-state index contributed by atoms with van der Waals surface area (Å²) in [7, 11) is 1.67. The number of halogens is 1. The van der Waals surface area contributed by atoms with E-state index >= 15 is 0 Å². The van der Waals surface area contributed by atoms with E-state index in [1.165, 1.54) is 11.1 Å². The Morgan fingerprint density at radius 2 is 1.95 bits per heavy atom. The zero-order chi connectivity index (χ0) is 14.1. The SMILES string of the molecule is COc1cc(NC2CC(N)c3ccccc32)ccc1Br. The fraction of sp³-hybridized carbons (Fsp3) is 0.250. The summed E-state index contributed by atoms with van der Waals surface area (Å²) in [5, 5.41) is 3.55. The van der Waals surface area contributed by atoms with Crippen molar-refractivity contribution < 1.29 is 4.74 Å². The summed E-state index contributed by atoms with van der Waals surface area (Å²) in [5.41, 5.74) is 9.78. The number of hydrogen-bond donors (Lipinski definition) is 2. The second-order valence-electron chi connectivity index (χ2n) is 5.02. The van der Waals surface area contributed by atoms with Crippen LogP contribution in [0.2, 0.25) is 0 Å². The highest BCUT2D eigenvalue weighted by atomic mass is 79.9. The number of nitrogens with two attached hydrogens (primary N) is 1. The van der Waals surface area contributed by atoms with E-state index in [1.807, 2.05) is 24.3 Å². The summed E-state index contributed by atoms with van der Waals surface area (Å²) in [6.07, 6.45) is 0.914. The van der Waals surface area contributed by atoms with Gasteiger partial charge in [0.2, 0.25) is 0 Å². The van der Waals surface area contributed by atoms with Crippen LogP contribution < -0.4 is 15.8 Å². The van der Waals surface area contributed by atoms with Crippen molar-refractivity contribution in [1.29, 1.82) is 0 Å². The Kier molecular flexibility index (Phi) is 3.68. The van der Waals surface area contributed by atoms with Crippen LogP contribution in [0.3, 0.4) is 0 Å². The Morgan fingerprint density at radius 1 is 1.20 bits per heavy atom. The standard InChI is InChI=1S/C16H17BrN2O/c1-20-16-8-10(6-7-13(16)17)19-15-9-14(18)11-4-2-3-5-12(11)15/h2-8,14-15,19H,9,18H2,1H3. The van der Waals surface area contributed by atoms with Crippen molar-refractivity contribution in [2.45, 2.75) is 18.5 Å². The number of benzene rings is 2. The van der Waals surface area contributed by atoms with Crippen LogP contribution in [0, 0.1) is 0 Å². The third-order valence-corrected chi connectivity index (χ3v) is 4.41. The van der Waals surface area contributed by atoms with Gasteiger partial charge >= 0.3 is 0 Å². The first-order valence-corrected chi connectivity index (χ1v) is 7.43. The molecular formula is C16H17BrN2O. The summed E-state index contributed by atoms with van der Waals surface area (Å²) in [4.78, 5) is 0. The highest BCUT2D eigenvalue weighted by Gasteiger charge is 2.28. The van der Waals surface area contributed by atoms with Crippen molar-refractivity contribution in [2.75, 3.05) is 12.4 Å². The molecular weight excluding hydrogens is 316 g/mol. The molecule has 1 aliphatic carbocycles. The maximum Gasteiger partial charge on any atom is 0.135 e. The van der Waals surface area contributed by atoms with Crippen molar-refractivity contribution in [1.82, 2.24) is 0 Å². The molecule has 20 heavy (non-hydrogen) atoms. The number of ether oxygens (including phenoxy) is 1. The molecule has 3 N–H and O–H groups in total. The first-order valence-electron chi connectivity index (χ1n) is 6.63. The lowest BCUT2D eigenvalue weighted by atomic mass is 10.1. The van der Waals surface area contributed by atoms with Gasteiger partial charge in [-0.15, -0.1) is 0 Å². The molecule has 2 atom stereocenters. The van der Waals surface area contributed by atoms with Crippen molar-refractivity contribution in [3.05, 3.63) is 58.1 Å². The minimum Gasteiger partial charge on any atom is -0.495 e. The molecule has 2 aromatic carbocycles. The molecule has 0 spiro atoms. The molecule has 0 fully saturated rings. The summed E-state index contributed by atoms with van der Waals surface area (Å²) in [5.74, 6) is 0.825. The molecule has 0 radical (unpaired) electrons. The Bertz CT molecular complexity index is 630. The Balaban J connectivity index is 1.86. The molecule has 3 rings (SSSR count). The second-order valence-corrected chi connectivity index (χ2v) is 5.87. The van der Waals surface area contributed by atoms with Crippen LogP contribution in [-0.2, 0) is 0 Å². The minimum absolute atomic E-state index is 0.112. The largest absolute Gasteiger partial charge is 0.495 e. The molecule has 4 heteroatoms. The van der Waals surface area contributed by atoms with Gasteiger partial charge in [0.25, 0.3) is 0 Å². The third kappa shape index (κ3) is 2.41. The molecule has 104 valence electrons.